The van der Waals surface area contributed by atoms with E-state index in [4.69, 9.17) is 4.74 Å². The Morgan fingerprint density at radius 3 is 2.35 bits per heavy atom. The molecule has 0 aliphatic rings. The minimum absolute atomic E-state index is 0.176. The van der Waals surface area contributed by atoms with Gasteiger partial charge in [0.2, 0.25) is 0 Å². The van der Waals surface area contributed by atoms with Gasteiger partial charge in [0.15, 0.2) is 5.69 Å². The molecule has 0 fully saturated rings. The average Bonchev–Trinajstić information content (AvgIpc) is 2.81. The van der Waals surface area contributed by atoms with Crippen LogP contribution >= 0.6 is 11.3 Å². The molecule has 20 heavy (non-hydrogen) atoms. The van der Waals surface area contributed by atoms with Crippen LogP contribution in [0.4, 0.5) is 13.2 Å². The quantitative estimate of drug-likeness (QED) is 0.828. The minimum atomic E-state index is -4.43. The molecule has 0 amide bonds. The highest BCUT2D eigenvalue weighted by Gasteiger charge is 2.40. The predicted molar refractivity (Wildman–Crippen MR) is 73.8 cm³/mol. The molecule has 1 N–H and O–H groups in total. The van der Waals surface area contributed by atoms with Crippen molar-refractivity contribution < 1.29 is 17.9 Å². The molecule has 0 aliphatic heterocycles. The van der Waals surface area contributed by atoms with Gasteiger partial charge in [-0.15, -0.1) is 11.3 Å². The first-order chi connectivity index (χ1) is 9.28. The highest BCUT2D eigenvalue weighted by atomic mass is 32.1. The lowest BCUT2D eigenvalue weighted by Gasteiger charge is -2.25. The Morgan fingerprint density at radius 1 is 1.25 bits per heavy atom. The Labute approximate surface area is 121 Å². The van der Waals surface area contributed by atoms with Crippen molar-refractivity contribution in [1.82, 2.24) is 10.3 Å². The fourth-order valence-electron chi connectivity index (χ4n) is 1.79. The molecular formula is C13H21F3N2OS. The van der Waals surface area contributed by atoms with Gasteiger partial charge < -0.3 is 10.1 Å². The van der Waals surface area contributed by atoms with Crippen molar-refractivity contribution in [2.45, 2.75) is 52.4 Å². The van der Waals surface area contributed by atoms with E-state index in [1.165, 1.54) is 0 Å². The summed E-state index contributed by atoms with van der Waals surface area (Å²) in [4.78, 5) is 4.04. The predicted octanol–water partition coefficient (Wildman–Crippen LogP) is 3.93. The lowest BCUT2D eigenvalue weighted by molar-refractivity contribution is -0.141. The van der Waals surface area contributed by atoms with Gasteiger partial charge in [-0.2, -0.15) is 13.2 Å². The molecule has 3 nitrogen and oxygen atoms in total. The number of halogens is 3. The summed E-state index contributed by atoms with van der Waals surface area (Å²) >= 11 is 1.08. The first kappa shape index (κ1) is 17.4. The van der Waals surface area contributed by atoms with Crippen molar-refractivity contribution >= 4 is 11.3 Å². The summed E-state index contributed by atoms with van der Waals surface area (Å²) in [6, 6.07) is 0. The molecular weight excluding hydrogens is 289 g/mol. The summed E-state index contributed by atoms with van der Waals surface area (Å²) in [5, 5.41) is 3.31. The van der Waals surface area contributed by atoms with E-state index in [0.717, 1.165) is 11.3 Å². The van der Waals surface area contributed by atoms with Crippen molar-refractivity contribution in [2.24, 2.45) is 0 Å². The van der Waals surface area contributed by atoms with Gasteiger partial charge >= 0.3 is 6.18 Å². The van der Waals surface area contributed by atoms with Gasteiger partial charge in [-0.3, -0.25) is 0 Å². The third kappa shape index (κ3) is 3.93. The van der Waals surface area contributed by atoms with Crippen LogP contribution in [0.2, 0.25) is 0 Å². The Kier molecular flexibility index (Phi) is 5.97. The van der Waals surface area contributed by atoms with Crippen LogP contribution in [0.15, 0.2) is 0 Å². The number of ether oxygens (including phenoxy) is 1. The number of thiazole rings is 1. The van der Waals surface area contributed by atoms with Gasteiger partial charge in [-0.05, 0) is 26.8 Å². The molecule has 0 saturated heterocycles. The van der Waals surface area contributed by atoms with E-state index in [9.17, 15) is 13.2 Å². The second-order valence-corrected chi connectivity index (χ2v) is 5.67. The third-order valence-corrected chi connectivity index (χ3v) is 4.39. The lowest BCUT2D eigenvalue weighted by Crippen LogP contribution is -2.25. The minimum Gasteiger partial charge on any atom is -0.368 e. The maximum absolute atomic E-state index is 13.0. The van der Waals surface area contributed by atoms with Gasteiger partial charge in [-0.25, -0.2) is 4.98 Å². The van der Waals surface area contributed by atoms with E-state index in [1.807, 2.05) is 20.8 Å². The maximum Gasteiger partial charge on any atom is 0.434 e. The fraction of sp³-hybridized carbons (Fsp3) is 0.769. The van der Waals surface area contributed by atoms with Crippen LogP contribution in [0, 0.1) is 0 Å². The van der Waals surface area contributed by atoms with Crippen LogP contribution < -0.4 is 5.32 Å². The number of nitrogens with one attached hydrogen (secondary N) is 1. The highest BCUT2D eigenvalue weighted by molar-refractivity contribution is 7.11. The molecule has 1 aromatic heterocycles. The SMILES string of the molecule is CCNCc1sc(C(C)(CC)OCC)nc1C(F)(F)F. The fourth-order valence-corrected chi connectivity index (χ4v) is 3.01. The summed E-state index contributed by atoms with van der Waals surface area (Å²) in [6.45, 7) is 8.57. The Hall–Kier alpha value is -0.660. The largest absolute Gasteiger partial charge is 0.434 e. The molecule has 116 valence electrons. The van der Waals surface area contributed by atoms with Crippen molar-refractivity contribution in [3.8, 4) is 0 Å². The molecule has 1 atom stereocenters. The van der Waals surface area contributed by atoms with Crippen molar-refractivity contribution in [2.75, 3.05) is 13.2 Å². The van der Waals surface area contributed by atoms with Crippen molar-refractivity contribution in [1.29, 1.82) is 0 Å². The smallest absolute Gasteiger partial charge is 0.368 e. The zero-order chi connectivity index (χ0) is 15.4. The van der Waals surface area contributed by atoms with Crippen LogP contribution in [-0.2, 0) is 23.1 Å². The van der Waals surface area contributed by atoms with E-state index >= 15 is 0 Å². The number of nitrogens with zero attached hydrogens (tertiary/aromatic N) is 1. The molecule has 0 saturated carbocycles. The van der Waals surface area contributed by atoms with E-state index in [0.29, 0.717) is 24.6 Å². The third-order valence-electron chi connectivity index (χ3n) is 3.09. The van der Waals surface area contributed by atoms with E-state index in [-0.39, 0.29) is 11.4 Å². The number of alkyl halides is 3. The lowest BCUT2D eigenvalue weighted by atomic mass is 10.0. The molecule has 0 aromatic carbocycles. The van der Waals surface area contributed by atoms with Gasteiger partial charge in [-0.1, -0.05) is 13.8 Å². The number of hydrogen-bond donors (Lipinski definition) is 1. The normalized spacial score (nSPS) is 15.3. The van der Waals surface area contributed by atoms with Gasteiger partial charge in [0, 0.05) is 13.2 Å². The molecule has 1 heterocycles. The van der Waals surface area contributed by atoms with Crippen LogP contribution in [0.1, 0.15) is 49.7 Å². The van der Waals surface area contributed by atoms with E-state index < -0.39 is 17.5 Å². The number of rotatable bonds is 7. The number of hydrogen-bond acceptors (Lipinski definition) is 4. The summed E-state index contributed by atoms with van der Waals surface area (Å²) in [5.74, 6) is 0. The summed E-state index contributed by atoms with van der Waals surface area (Å²) < 4.78 is 44.7. The Balaban J connectivity index is 3.19. The van der Waals surface area contributed by atoms with Crippen molar-refractivity contribution in [3.63, 3.8) is 0 Å². The van der Waals surface area contributed by atoms with E-state index in [1.54, 1.807) is 6.92 Å². The first-order valence-electron chi connectivity index (χ1n) is 6.70. The summed E-state index contributed by atoms with van der Waals surface area (Å²) in [5.41, 5.74) is -1.55. The van der Waals surface area contributed by atoms with E-state index in [2.05, 4.69) is 10.3 Å². The van der Waals surface area contributed by atoms with Crippen molar-refractivity contribution in [3.05, 3.63) is 15.6 Å². The molecule has 0 spiro atoms. The van der Waals surface area contributed by atoms with Gasteiger partial charge in [0.25, 0.3) is 0 Å². The molecule has 7 heteroatoms. The number of aromatic nitrogens is 1. The molecule has 0 aliphatic carbocycles. The molecule has 0 bridgehead atoms. The highest BCUT2D eigenvalue weighted by Crippen LogP contribution is 2.39. The first-order valence-corrected chi connectivity index (χ1v) is 7.52. The van der Waals surface area contributed by atoms with Crippen LogP contribution in [0.25, 0.3) is 0 Å². The zero-order valence-corrected chi connectivity index (χ0v) is 13.0. The zero-order valence-electron chi connectivity index (χ0n) is 12.2. The summed E-state index contributed by atoms with van der Waals surface area (Å²) in [6.07, 6.45) is -3.85. The monoisotopic (exact) mass is 310 g/mol. The molecule has 0 radical (unpaired) electrons. The average molecular weight is 310 g/mol. The second kappa shape index (κ2) is 6.87. The Bertz CT molecular complexity index is 434. The molecule has 1 aromatic rings. The Morgan fingerprint density at radius 2 is 1.90 bits per heavy atom. The standard InChI is InChI=1S/C13H21F3N2OS/c1-5-12(4,19-7-3)11-18-10(13(14,15)16)9(20-11)8-17-6-2/h17H,5-8H2,1-4H3. The molecule has 1 rings (SSSR count). The second-order valence-electron chi connectivity index (χ2n) is 4.59. The van der Waals surface area contributed by atoms with Crippen LogP contribution in [0.5, 0.6) is 0 Å². The van der Waals surface area contributed by atoms with Crippen LogP contribution in [-0.4, -0.2) is 18.1 Å². The summed E-state index contributed by atoms with van der Waals surface area (Å²) in [7, 11) is 0. The molecule has 1 unspecified atom stereocenters. The van der Waals surface area contributed by atoms with Gasteiger partial charge in [0.05, 0.1) is 4.88 Å². The van der Waals surface area contributed by atoms with Crippen LogP contribution in [0.3, 0.4) is 0 Å². The topological polar surface area (TPSA) is 34.1 Å². The maximum atomic E-state index is 13.0. The van der Waals surface area contributed by atoms with Gasteiger partial charge in [0.1, 0.15) is 10.6 Å².